The predicted molar refractivity (Wildman–Crippen MR) is 201 cm³/mol. The molecule has 3 aliphatic heterocycles. The molecule has 4 heterocycles. The van der Waals surface area contributed by atoms with Crippen LogP contribution in [0, 0.1) is 17.8 Å². The van der Waals surface area contributed by atoms with Crippen LogP contribution in [0.5, 0.6) is 11.6 Å². The Balaban J connectivity index is 1.22. The van der Waals surface area contributed by atoms with E-state index < -0.39 is 21.7 Å². The highest BCUT2D eigenvalue weighted by Crippen LogP contribution is 2.47. The van der Waals surface area contributed by atoms with Crippen LogP contribution in [0.25, 0.3) is 0 Å². The van der Waals surface area contributed by atoms with E-state index in [0.29, 0.717) is 38.0 Å². The minimum Gasteiger partial charge on any atom is -0.490 e. The van der Waals surface area contributed by atoms with E-state index in [9.17, 15) is 13.8 Å². The van der Waals surface area contributed by atoms with Gasteiger partial charge < -0.3 is 23.8 Å². The first-order valence-electron chi connectivity index (χ1n) is 18.4. The number of allylic oxidation sites excluding steroid dienone is 1. The van der Waals surface area contributed by atoms with Gasteiger partial charge in [0.1, 0.15) is 27.3 Å². The van der Waals surface area contributed by atoms with Crippen LogP contribution in [0.4, 0.5) is 5.69 Å². The fourth-order valence-corrected chi connectivity index (χ4v) is 10.8. The molecule has 1 spiro atoms. The quantitative estimate of drug-likeness (QED) is 0.342. The average Bonchev–Trinajstić information content (AvgIpc) is 3.44. The third-order valence-corrected chi connectivity index (χ3v) is 13.7. The van der Waals surface area contributed by atoms with Gasteiger partial charge in [0, 0.05) is 42.3 Å². The second-order valence-electron chi connectivity index (χ2n) is 15.2. The average molecular weight is 764 g/mol. The molecule has 0 radical (unpaired) electrons. The van der Waals surface area contributed by atoms with Crippen LogP contribution in [0.1, 0.15) is 64.4 Å². The zero-order valence-electron chi connectivity index (χ0n) is 30.3. The Bertz CT molecular complexity index is 2080. The van der Waals surface area contributed by atoms with E-state index in [-0.39, 0.29) is 52.2 Å². The molecule has 3 aromatic rings. The van der Waals surface area contributed by atoms with Crippen molar-refractivity contribution in [2.75, 3.05) is 50.7 Å². The van der Waals surface area contributed by atoms with Crippen LogP contribution in [-0.4, -0.2) is 83.8 Å². The third kappa shape index (κ3) is 7.08. The number of aryl methyl sites for hydroxylation is 2. The largest absolute Gasteiger partial charge is 0.490 e. The molecule has 12 nitrogen and oxygen atoms in total. The van der Waals surface area contributed by atoms with Gasteiger partial charge in [-0.1, -0.05) is 36.7 Å². The molecule has 282 valence electrons. The number of halogens is 1. The fourth-order valence-electron chi connectivity index (χ4n) is 8.85. The van der Waals surface area contributed by atoms with Gasteiger partial charge in [0.25, 0.3) is 11.8 Å². The Morgan fingerprint density at radius 3 is 2.79 bits per heavy atom. The van der Waals surface area contributed by atoms with E-state index in [1.807, 2.05) is 37.3 Å². The highest BCUT2D eigenvalue weighted by atomic mass is 35.5. The SMILES string of the molecule is COc1nn(C)cc1C(=O)NS1(=O)=NC(=O)c2ccc3c(c2)N(C[C@@H]2CC[C@H]2[C@H]2OCCO[C@@H]2/C=C\[C@H](C)C1)C[C@@]1(CCCc2cc(Cl)ccc21)CO3. The smallest absolute Gasteiger partial charge is 0.286 e. The van der Waals surface area contributed by atoms with E-state index >= 15 is 0 Å². The number of rotatable bonds is 3. The molecule has 1 aromatic heterocycles. The van der Waals surface area contributed by atoms with Crippen LogP contribution in [0.3, 0.4) is 0 Å². The monoisotopic (exact) mass is 763 g/mol. The summed E-state index contributed by atoms with van der Waals surface area (Å²) in [5.74, 6) is -0.492. The maximum atomic E-state index is 14.7. The lowest BCUT2D eigenvalue weighted by Gasteiger charge is -2.48. The fraction of sp³-hybridized carbons (Fsp3) is 0.513. The van der Waals surface area contributed by atoms with Gasteiger partial charge in [0.05, 0.1) is 44.5 Å². The molecular weight excluding hydrogens is 718 g/mol. The van der Waals surface area contributed by atoms with Crippen molar-refractivity contribution in [3.8, 4) is 11.6 Å². The van der Waals surface area contributed by atoms with Gasteiger partial charge in [-0.15, -0.1) is 9.46 Å². The van der Waals surface area contributed by atoms with Crippen molar-refractivity contribution < 1.29 is 32.7 Å². The number of hydrogen-bond acceptors (Lipinski definition) is 9. The summed E-state index contributed by atoms with van der Waals surface area (Å²) in [7, 11) is -0.610. The van der Waals surface area contributed by atoms with E-state index in [4.69, 9.17) is 30.5 Å². The first-order chi connectivity index (χ1) is 25.5. The lowest BCUT2D eigenvalue weighted by atomic mass is 9.67. The molecule has 2 amide bonds. The van der Waals surface area contributed by atoms with Crippen LogP contribution in [0.15, 0.2) is 59.1 Å². The molecule has 8 rings (SSSR count). The predicted octanol–water partition coefficient (Wildman–Crippen LogP) is 5.52. The summed E-state index contributed by atoms with van der Waals surface area (Å²) in [5, 5.41) is 4.88. The van der Waals surface area contributed by atoms with Crippen molar-refractivity contribution in [3.05, 3.63) is 82.0 Å². The lowest BCUT2D eigenvalue weighted by molar-refractivity contribution is -0.163. The number of nitrogens with one attached hydrogen (secondary N) is 1. The number of hydrogen-bond donors (Lipinski definition) is 1. The van der Waals surface area contributed by atoms with E-state index in [2.05, 4.69) is 31.2 Å². The van der Waals surface area contributed by atoms with Crippen LogP contribution in [-0.2, 0) is 38.3 Å². The third-order valence-electron chi connectivity index (χ3n) is 11.5. The second-order valence-corrected chi connectivity index (χ2v) is 17.6. The molecule has 2 aliphatic carbocycles. The molecule has 2 bridgehead atoms. The first-order valence-corrected chi connectivity index (χ1v) is 20.5. The van der Waals surface area contributed by atoms with Crippen LogP contribution >= 0.6 is 11.6 Å². The number of amides is 2. The topological polar surface area (TPSA) is 134 Å². The zero-order chi connectivity index (χ0) is 36.9. The molecule has 53 heavy (non-hydrogen) atoms. The Hall–Kier alpha value is -3.91. The van der Waals surface area contributed by atoms with Gasteiger partial charge in [-0.25, -0.2) is 4.21 Å². The van der Waals surface area contributed by atoms with Crippen molar-refractivity contribution in [3.63, 3.8) is 0 Å². The molecule has 1 saturated carbocycles. The van der Waals surface area contributed by atoms with Crippen molar-refractivity contribution in [1.29, 1.82) is 0 Å². The van der Waals surface area contributed by atoms with Crippen molar-refractivity contribution in [2.45, 2.75) is 56.7 Å². The number of carbonyl (C=O) groups excluding carboxylic acids is 2. The summed E-state index contributed by atoms with van der Waals surface area (Å²) in [4.78, 5) is 30.0. The summed E-state index contributed by atoms with van der Waals surface area (Å²) in [6.45, 7) is 4.80. The van der Waals surface area contributed by atoms with Crippen molar-refractivity contribution >= 4 is 39.0 Å². The standard InChI is InChI=1S/C39H46ClN5O7S/c1-24-6-12-34-35(51-16-15-50-34)29-10-7-27(29)19-45-22-39(14-4-5-25-17-28(40)9-11-31(25)39)23-52-33-13-8-26(18-32(33)45)36(46)42-53(48,21-24)43-37(47)30-20-44(2)41-38(30)49-3/h6,8-9,11-13,17-18,20,24,27,29,34-35H,4-5,7,10,14-16,19,21-23H2,1-3H3,(H,42,43,46,47,48)/b12-6-/t24-,27-,29+,34+,35+,39-,53?/m0/s1. The van der Waals surface area contributed by atoms with E-state index in [0.717, 1.165) is 49.4 Å². The molecule has 1 saturated heterocycles. The summed E-state index contributed by atoms with van der Waals surface area (Å²) >= 11 is 6.47. The lowest BCUT2D eigenvalue weighted by Crippen LogP contribution is -2.53. The number of aromatic nitrogens is 2. The Morgan fingerprint density at radius 1 is 1.13 bits per heavy atom. The Labute approximate surface area is 315 Å². The Kier molecular flexibility index (Phi) is 9.80. The number of benzene rings is 2. The highest BCUT2D eigenvalue weighted by molar-refractivity contribution is 7.92. The highest BCUT2D eigenvalue weighted by Gasteiger charge is 2.46. The van der Waals surface area contributed by atoms with Crippen molar-refractivity contribution in [2.24, 2.45) is 29.2 Å². The van der Waals surface area contributed by atoms with Gasteiger partial charge in [-0.3, -0.25) is 19.0 Å². The van der Waals surface area contributed by atoms with Crippen molar-refractivity contribution in [1.82, 2.24) is 14.5 Å². The zero-order valence-corrected chi connectivity index (χ0v) is 31.9. The summed E-state index contributed by atoms with van der Waals surface area (Å²) < 4.78 is 47.7. The van der Waals surface area contributed by atoms with Gasteiger partial charge in [0.2, 0.25) is 5.88 Å². The minimum absolute atomic E-state index is 0.0718. The molecule has 2 aromatic carbocycles. The number of anilines is 1. The minimum atomic E-state index is -3.66. The molecule has 1 unspecified atom stereocenters. The summed E-state index contributed by atoms with van der Waals surface area (Å²) in [6, 6.07) is 11.5. The molecule has 5 aliphatic rings. The summed E-state index contributed by atoms with van der Waals surface area (Å²) in [5.41, 5.74) is 3.36. The van der Waals surface area contributed by atoms with Crippen LogP contribution in [0.2, 0.25) is 5.02 Å². The number of fused-ring (bicyclic) bond motifs is 6. The van der Waals surface area contributed by atoms with Gasteiger partial charge in [-0.2, -0.15) is 0 Å². The maximum absolute atomic E-state index is 14.7. The number of ether oxygens (including phenoxy) is 4. The molecule has 7 atom stereocenters. The molecule has 2 fully saturated rings. The maximum Gasteiger partial charge on any atom is 0.286 e. The first kappa shape index (κ1) is 36.1. The summed E-state index contributed by atoms with van der Waals surface area (Å²) in [6.07, 6.45) is 9.98. The second kappa shape index (κ2) is 14.4. The molecule has 1 N–H and O–H groups in total. The van der Waals surface area contributed by atoms with Crippen LogP contribution < -0.4 is 19.1 Å². The Morgan fingerprint density at radius 2 is 1.98 bits per heavy atom. The number of carbonyl (C=O) groups is 2. The molecular formula is C39H46ClN5O7S. The van der Waals surface area contributed by atoms with E-state index in [1.165, 1.54) is 29.1 Å². The van der Waals surface area contributed by atoms with Gasteiger partial charge >= 0.3 is 0 Å². The number of nitrogens with zero attached hydrogens (tertiary/aromatic N) is 4. The molecule has 14 heteroatoms. The number of methoxy groups -OCH3 is 1. The van der Waals surface area contributed by atoms with Gasteiger partial charge in [-0.05, 0) is 91.3 Å². The van der Waals surface area contributed by atoms with E-state index in [1.54, 1.807) is 13.1 Å². The van der Waals surface area contributed by atoms with Gasteiger partial charge in [0.15, 0.2) is 0 Å². The normalized spacial score (nSPS) is 31.7.